The van der Waals surface area contributed by atoms with Gasteiger partial charge in [0.15, 0.2) is 6.10 Å². The smallest absolute Gasteiger partial charge is 0.321 e. The Balaban J connectivity index is 2.78. The summed E-state index contributed by atoms with van der Waals surface area (Å²) in [7, 11) is 0. The van der Waals surface area contributed by atoms with Crippen molar-refractivity contribution in [1.29, 1.82) is 0 Å². The van der Waals surface area contributed by atoms with Gasteiger partial charge in [0.1, 0.15) is 11.6 Å². The first-order valence-corrected chi connectivity index (χ1v) is 6.65. The predicted molar refractivity (Wildman–Crippen MR) is 76.3 cm³/mol. The van der Waals surface area contributed by atoms with Gasteiger partial charge in [-0.15, -0.1) is 0 Å². The molecular formula is C14H20FN3O3. The van der Waals surface area contributed by atoms with Crippen LogP contribution in [0.1, 0.15) is 32.4 Å². The van der Waals surface area contributed by atoms with Gasteiger partial charge < -0.3 is 15.8 Å². The lowest BCUT2D eigenvalue weighted by atomic mass is 10.1. The van der Waals surface area contributed by atoms with Gasteiger partial charge in [0, 0.05) is 24.2 Å². The van der Waals surface area contributed by atoms with Crippen molar-refractivity contribution in [3.63, 3.8) is 0 Å². The second-order valence-electron chi connectivity index (χ2n) is 4.58. The summed E-state index contributed by atoms with van der Waals surface area (Å²) >= 11 is 0. The topological polar surface area (TPSA) is 93.5 Å². The molecule has 0 aliphatic carbocycles. The van der Waals surface area contributed by atoms with E-state index in [4.69, 9.17) is 10.5 Å². The Morgan fingerprint density at radius 1 is 1.38 bits per heavy atom. The molecule has 0 heterocycles. The number of hydrogen-bond donors (Lipinski definition) is 3. The van der Waals surface area contributed by atoms with Gasteiger partial charge in [-0.3, -0.25) is 10.1 Å². The zero-order chi connectivity index (χ0) is 16.0. The van der Waals surface area contributed by atoms with E-state index in [0.717, 1.165) is 6.07 Å². The van der Waals surface area contributed by atoms with E-state index in [-0.39, 0.29) is 11.8 Å². The van der Waals surface area contributed by atoms with Crippen molar-refractivity contribution in [2.24, 2.45) is 5.73 Å². The lowest BCUT2D eigenvalue weighted by Crippen LogP contribution is -2.45. The maximum absolute atomic E-state index is 13.3. The fourth-order valence-corrected chi connectivity index (χ4v) is 1.65. The van der Waals surface area contributed by atoms with E-state index < -0.39 is 23.9 Å². The van der Waals surface area contributed by atoms with Gasteiger partial charge in [-0.05, 0) is 26.8 Å². The number of carbonyl (C=O) groups is 2. The van der Waals surface area contributed by atoms with Crippen LogP contribution < -0.4 is 21.1 Å². The second-order valence-corrected chi connectivity index (χ2v) is 4.58. The highest BCUT2D eigenvalue weighted by Gasteiger charge is 2.19. The minimum Gasteiger partial charge on any atom is -0.480 e. The molecule has 0 aromatic heterocycles. The normalized spacial score (nSPS) is 13.2. The summed E-state index contributed by atoms with van der Waals surface area (Å²) in [6.07, 6.45) is -0.966. The number of nitrogens with two attached hydrogens (primary N) is 1. The molecule has 1 unspecified atom stereocenters. The summed E-state index contributed by atoms with van der Waals surface area (Å²) in [5.41, 5.74) is 6.35. The van der Waals surface area contributed by atoms with Crippen LogP contribution in [0, 0.1) is 5.82 Å². The van der Waals surface area contributed by atoms with Crippen molar-refractivity contribution >= 4 is 11.9 Å². The molecule has 4 N–H and O–H groups in total. The first kappa shape index (κ1) is 16.9. The van der Waals surface area contributed by atoms with E-state index in [1.165, 1.54) is 19.1 Å². The second kappa shape index (κ2) is 7.58. The monoisotopic (exact) mass is 297 g/mol. The van der Waals surface area contributed by atoms with Crippen LogP contribution in [0.3, 0.4) is 0 Å². The van der Waals surface area contributed by atoms with E-state index >= 15 is 0 Å². The summed E-state index contributed by atoms with van der Waals surface area (Å²) in [5.74, 6) is -0.935. The van der Waals surface area contributed by atoms with Crippen LogP contribution in [-0.2, 0) is 4.79 Å². The quantitative estimate of drug-likeness (QED) is 0.767. The molecule has 2 atom stereocenters. The number of imide groups is 1. The largest absolute Gasteiger partial charge is 0.480 e. The molecule has 7 heteroatoms. The number of ether oxygens (including phenoxy) is 1. The molecule has 1 rings (SSSR count). The van der Waals surface area contributed by atoms with Crippen LogP contribution in [0.5, 0.6) is 5.75 Å². The van der Waals surface area contributed by atoms with Crippen molar-refractivity contribution in [3.05, 3.63) is 29.6 Å². The summed E-state index contributed by atoms with van der Waals surface area (Å²) in [4.78, 5) is 23.0. The number of carbonyl (C=O) groups excluding carboxylic acids is 2. The van der Waals surface area contributed by atoms with Gasteiger partial charge >= 0.3 is 6.03 Å². The molecule has 0 aliphatic rings. The molecule has 1 aromatic rings. The number of amides is 3. The highest BCUT2D eigenvalue weighted by Crippen LogP contribution is 2.25. The summed E-state index contributed by atoms with van der Waals surface area (Å²) in [6.45, 7) is 5.31. The molecular weight excluding hydrogens is 277 g/mol. The lowest BCUT2D eigenvalue weighted by molar-refractivity contribution is -0.126. The van der Waals surface area contributed by atoms with Gasteiger partial charge in [0.2, 0.25) is 0 Å². The lowest BCUT2D eigenvalue weighted by Gasteiger charge is -2.18. The molecule has 0 spiro atoms. The van der Waals surface area contributed by atoms with Gasteiger partial charge in [0.05, 0.1) is 0 Å². The van der Waals surface area contributed by atoms with Crippen LogP contribution in [0.4, 0.5) is 9.18 Å². The third-order valence-corrected chi connectivity index (χ3v) is 2.71. The molecule has 0 radical (unpaired) electrons. The Morgan fingerprint density at radius 2 is 2.05 bits per heavy atom. The van der Waals surface area contributed by atoms with Crippen LogP contribution in [0.15, 0.2) is 18.2 Å². The minimum atomic E-state index is -0.966. The Hall–Kier alpha value is -2.15. The Bertz CT molecular complexity index is 520. The molecule has 116 valence electrons. The molecule has 6 nitrogen and oxygen atoms in total. The van der Waals surface area contributed by atoms with Gasteiger partial charge in [-0.1, -0.05) is 6.07 Å². The Labute approximate surface area is 122 Å². The van der Waals surface area contributed by atoms with E-state index in [1.807, 2.05) is 0 Å². The maximum atomic E-state index is 13.3. The van der Waals surface area contributed by atoms with Gasteiger partial charge in [0.25, 0.3) is 5.91 Å². The highest BCUT2D eigenvalue weighted by atomic mass is 19.1. The van der Waals surface area contributed by atoms with Crippen molar-refractivity contribution in [2.45, 2.75) is 32.9 Å². The number of hydrogen-bond acceptors (Lipinski definition) is 4. The zero-order valence-corrected chi connectivity index (χ0v) is 12.3. The summed E-state index contributed by atoms with van der Waals surface area (Å²) < 4.78 is 18.7. The standard InChI is InChI=1S/C14H20FN3O3/c1-4-17-14(20)18-13(19)9(3)21-12-7-10(15)5-6-11(12)8(2)16/h5-9H,4,16H2,1-3H3,(H2,17,18,19,20)/t8-,9?/m0/s1. The first-order chi connectivity index (χ1) is 9.85. The summed E-state index contributed by atoms with van der Waals surface area (Å²) in [5, 5.41) is 4.55. The molecule has 21 heavy (non-hydrogen) atoms. The predicted octanol–water partition coefficient (Wildman–Crippen LogP) is 1.46. The van der Waals surface area contributed by atoms with E-state index in [2.05, 4.69) is 10.6 Å². The summed E-state index contributed by atoms with van der Waals surface area (Å²) in [6, 6.07) is 2.95. The molecule has 1 aromatic carbocycles. The minimum absolute atomic E-state index is 0.184. The zero-order valence-electron chi connectivity index (χ0n) is 12.3. The van der Waals surface area contributed by atoms with Gasteiger partial charge in [-0.2, -0.15) is 0 Å². The van der Waals surface area contributed by atoms with Crippen LogP contribution in [0.25, 0.3) is 0 Å². The number of halogens is 1. The van der Waals surface area contributed by atoms with Crippen LogP contribution >= 0.6 is 0 Å². The van der Waals surface area contributed by atoms with E-state index in [0.29, 0.717) is 12.1 Å². The molecule has 0 bridgehead atoms. The first-order valence-electron chi connectivity index (χ1n) is 6.65. The number of nitrogens with one attached hydrogen (secondary N) is 2. The van der Waals surface area contributed by atoms with E-state index in [9.17, 15) is 14.0 Å². The fourth-order valence-electron chi connectivity index (χ4n) is 1.65. The number of urea groups is 1. The van der Waals surface area contributed by atoms with Gasteiger partial charge in [-0.25, -0.2) is 9.18 Å². The highest BCUT2D eigenvalue weighted by molar-refractivity contribution is 5.96. The van der Waals surface area contributed by atoms with Crippen LogP contribution in [0.2, 0.25) is 0 Å². The van der Waals surface area contributed by atoms with Crippen LogP contribution in [-0.4, -0.2) is 24.6 Å². The van der Waals surface area contributed by atoms with Crippen molar-refractivity contribution in [2.75, 3.05) is 6.54 Å². The molecule has 3 amide bonds. The molecule has 0 saturated heterocycles. The maximum Gasteiger partial charge on any atom is 0.321 e. The SMILES string of the molecule is CCNC(=O)NC(=O)C(C)Oc1cc(F)ccc1[C@H](C)N. The fraction of sp³-hybridized carbons (Fsp3) is 0.429. The molecule has 0 saturated carbocycles. The third kappa shape index (κ3) is 5.03. The number of rotatable bonds is 5. The Morgan fingerprint density at radius 3 is 2.62 bits per heavy atom. The van der Waals surface area contributed by atoms with Crippen molar-refractivity contribution in [3.8, 4) is 5.75 Å². The molecule has 0 fully saturated rings. The third-order valence-electron chi connectivity index (χ3n) is 2.71. The average Bonchev–Trinajstić information content (AvgIpc) is 2.38. The van der Waals surface area contributed by atoms with E-state index in [1.54, 1.807) is 13.8 Å². The van der Waals surface area contributed by atoms with Crippen molar-refractivity contribution < 1.29 is 18.7 Å². The Kier molecular flexibility index (Phi) is 6.10. The number of benzene rings is 1. The van der Waals surface area contributed by atoms with Crippen molar-refractivity contribution in [1.82, 2.24) is 10.6 Å². The molecule has 0 aliphatic heterocycles. The average molecular weight is 297 g/mol.